The highest BCUT2D eigenvalue weighted by Crippen LogP contribution is 2.43. The minimum atomic E-state index is -0.770. The van der Waals surface area contributed by atoms with Crippen molar-refractivity contribution in [1.29, 1.82) is 0 Å². The average molecular weight is 297 g/mol. The Labute approximate surface area is 126 Å². The van der Waals surface area contributed by atoms with Gasteiger partial charge in [-0.3, -0.25) is 4.79 Å². The van der Waals surface area contributed by atoms with E-state index in [1.807, 2.05) is 4.90 Å². The quantitative estimate of drug-likeness (QED) is 0.822. The number of carboxylic acids is 1. The van der Waals surface area contributed by atoms with Crippen molar-refractivity contribution in [3.63, 3.8) is 0 Å². The van der Waals surface area contributed by atoms with Crippen LogP contribution >= 0.6 is 0 Å². The Kier molecular flexibility index (Phi) is 5.08. The van der Waals surface area contributed by atoms with Crippen LogP contribution in [0.3, 0.4) is 0 Å². The lowest BCUT2D eigenvalue weighted by Crippen LogP contribution is -2.51. The Bertz CT molecular complexity index is 396. The van der Waals surface area contributed by atoms with E-state index in [4.69, 9.17) is 5.11 Å². The van der Waals surface area contributed by atoms with E-state index in [9.17, 15) is 9.59 Å². The molecule has 1 saturated heterocycles. The molecule has 2 N–H and O–H groups in total. The largest absolute Gasteiger partial charge is 0.481 e. The lowest BCUT2D eigenvalue weighted by atomic mass is 9.66. The summed E-state index contributed by atoms with van der Waals surface area (Å²) in [6.07, 6.45) is 4.00. The first-order valence-electron chi connectivity index (χ1n) is 7.87. The monoisotopic (exact) mass is 297 g/mol. The van der Waals surface area contributed by atoms with Crippen molar-refractivity contribution in [3.8, 4) is 0 Å². The molecule has 120 valence electrons. The molecule has 1 heterocycles. The highest BCUT2D eigenvalue weighted by molar-refractivity contribution is 5.75. The second-order valence-corrected chi connectivity index (χ2v) is 6.74. The first-order chi connectivity index (χ1) is 9.92. The summed E-state index contributed by atoms with van der Waals surface area (Å²) in [5.74, 6) is -0.770. The third-order valence-corrected chi connectivity index (χ3v) is 4.86. The summed E-state index contributed by atoms with van der Waals surface area (Å²) in [5, 5.41) is 12.0. The zero-order valence-corrected chi connectivity index (χ0v) is 13.1. The maximum absolute atomic E-state index is 12.4. The number of urea groups is 1. The molecular formula is C15H27N3O3. The van der Waals surface area contributed by atoms with Crippen LogP contribution < -0.4 is 5.32 Å². The van der Waals surface area contributed by atoms with Crippen LogP contribution in [0.25, 0.3) is 0 Å². The summed E-state index contributed by atoms with van der Waals surface area (Å²) in [7, 11) is 2.08. The van der Waals surface area contributed by atoms with Gasteiger partial charge < -0.3 is 20.2 Å². The molecule has 0 radical (unpaired) electrons. The van der Waals surface area contributed by atoms with E-state index in [0.717, 1.165) is 45.3 Å². The molecule has 0 aromatic rings. The van der Waals surface area contributed by atoms with E-state index in [2.05, 4.69) is 24.2 Å². The molecule has 2 aliphatic rings. The highest BCUT2D eigenvalue weighted by atomic mass is 16.4. The Hall–Kier alpha value is -1.30. The number of carbonyl (C=O) groups excluding carboxylic acids is 1. The van der Waals surface area contributed by atoms with Crippen LogP contribution in [-0.4, -0.2) is 66.2 Å². The van der Waals surface area contributed by atoms with Crippen LogP contribution in [0.4, 0.5) is 4.79 Å². The predicted molar refractivity (Wildman–Crippen MR) is 80.2 cm³/mol. The van der Waals surface area contributed by atoms with E-state index < -0.39 is 5.97 Å². The summed E-state index contributed by atoms with van der Waals surface area (Å²) in [6, 6.07) is 0.142. The summed E-state index contributed by atoms with van der Waals surface area (Å²) in [4.78, 5) is 27.5. The van der Waals surface area contributed by atoms with Crippen molar-refractivity contribution < 1.29 is 14.7 Å². The molecule has 1 saturated carbocycles. The van der Waals surface area contributed by atoms with Gasteiger partial charge in [0, 0.05) is 25.7 Å². The van der Waals surface area contributed by atoms with Gasteiger partial charge in [0.1, 0.15) is 0 Å². The summed E-state index contributed by atoms with van der Waals surface area (Å²) >= 11 is 0. The van der Waals surface area contributed by atoms with Gasteiger partial charge in [0.05, 0.1) is 6.42 Å². The van der Waals surface area contributed by atoms with Gasteiger partial charge in [-0.15, -0.1) is 0 Å². The van der Waals surface area contributed by atoms with Crippen LogP contribution in [0.15, 0.2) is 0 Å². The lowest BCUT2D eigenvalue weighted by molar-refractivity contribution is -0.141. The second kappa shape index (κ2) is 6.64. The Balaban J connectivity index is 1.87. The Morgan fingerprint density at radius 2 is 2.00 bits per heavy atom. The number of nitrogens with zero attached hydrogens (tertiary/aromatic N) is 2. The maximum Gasteiger partial charge on any atom is 0.317 e. The number of hydrogen-bond acceptors (Lipinski definition) is 3. The van der Waals surface area contributed by atoms with E-state index >= 15 is 0 Å². The maximum atomic E-state index is 12.4. The van der Waals surface area contributed by atoms with Crippen LogP contribution in [-0.2, 0) is 4.79 Å². The Morgan fingerprint density at radius 1 is 1.29 bits per heavy atom. The smallest absolute Gasteiger partial charge is 0.317 e. The average Bonchev–Trinajstić information content (AvgIpc) is 2.52. The molecular weight excluding hydrogens is 270 g/mol. The Morgan fingerprint density at radius 3 is 2.57 bits per heavy atom. The number of aliphatic carboxylic acids is 1. The summed E-state index contributed by atoms with van der Waals surface area (Å²) < 4.78 is 0. The van der Waals surface area contributed by atoms with Gasteiger partial charge in [0.25, 0.3) is 0 Å². The second-order valence-electron chi connectivity index (χ2n) is 6.74. The molecule has 2 fully saturated rings. The molecule has 6 nitrogen and oxygen atoms in total. The fourth-order valence-corrected chi connectivity index (χ4v) is 3.45. The van der Waals surface area contributed by atoms with E-state index in [1.165, 1.54) is 0 Å². The van der Waals surface area contributed by atoms with Gasteiger partial charge in [-0.05, 0) is 45.2 Å². The molecule has 1 unspecified atom stereocenters. The van der Waals surface area contributed by atoms with Crippen molar-refractivity contribution in [2.45, 2.75) is 45.1 Å². The minimum Gasteiger partial charge on any atom is -0.481 e. The zero-order chi connectivity index (χ0) is 15.5. The first-order valence-corrected chi connectivity index (χ1v) is 7.87. The number of carboxylic acid groups (broad SMARTS) is 1. The molecule has 1 atom stereocenters. The van der Waals surface area contributed by atoms with Gasteiger partial charge in [-0.2, -0.15) is 0 Å². The lowest BCUT2D eigenvalue weighted by Gasteiger charge is -2.41. The molecule has 2 amide bonds. The van der Waals surface area contributed by atoms with Gasteiger partial charge in [-0.1, -0.05) is 6.42 Å². The molecule has 0 spiro atoms. The third-order valence-electron chi connectivity index (χ3n) is 4.86. The summed E-state index contributed by atoms with van der Waals surface area (Å²) in [6.45, 7) is 5.21. The van der Waals surface area contributed by atoms with Crippen LogP contribution in [0.5, 0.6) is 0 Å². The van der Waals surface area contributed by atoms with Gasteiger partial charge in [0.2, 0.25) is 0 Å². The van der Waals surface area contributed by atoms with Crippen LogP contribution in [0.1, 0.15) is 39.0 Å². The molecule has 1 aliphatic carbocycles. The van der Waals surface area contributed by atoms with Crippen LogP contribution in [0.2, 0.25) is 0 Å². The van der Waals surface area contributed by atoms with Crippen molar-refractivity contribution in [2.24, 2.45) is 5.41 Å². The van der Waals surface area contributed by atoms with E-state index in [-0.39, 0.29) is 23.9 Å². The number of hydrogen-bond donors (Lipinski definition) is 2. The van der Waals surface area contributed by atoms with Crippen LogP contribution in [0, 0.1) is 5.41 Å². The SMILES string of the molecule is CC1CN(C)CCCN1C(=O)NCC1(CC(=O)O)CCC1. The zero-order valence-electron chi connectivity index (χ0n) is 13.1. The number of carbonyl (C=O) groups is 2. The molecule has 1 aliphatic heterocycles. The normalized spacial score (nSPS) is 25.8. The minimum absolute atomic E-state index is 0.0468. The molecule has 0 aromatic carbocycles. The topological polar surface area (TPSA) is 72.9 Å². The third kappa shape index (κ3) is 4.09. The van der Waals surface area contributed by atoms with Gasteiger partial charge in [-0.25, -0.2) is 4.79 Å². The van der Waals surface area contributed by atoms with Crippen molar-refractivity contribution in [1.82, 2.24) is 15.1 Å². The van der Waals surface area contributed by atoms with Gasteiger partial charge in [0.15, 0.2) is 0 Å². The first kappa shape index (κ1) is 16.1. The molecule has 21 heavy (non-hydrogen) atoms. The number of likely N-dealkylation sites (N-methyl/N-ethyl adjacent to an activating group) is 1. The molecule has 2 rings (SSSR count). The highest BCUT2D eigenvalue weighted by Gasteiger charge is 2.39. The summed E-state index contributed by atoms with van der Waals surface area (Å²) in [5.41, 5.74) is -0.215. The molecule has 6 heteroatoms. The van der Waals surface area contributed by atoms with Crippen molar-refractivity contribution in [3.05, 3.63) is 0 Å². The standard InChI is InChI=1S/C15H27N3O3/c1-12-10-17(2)7-4-8-18(12)14(21)16-11-15(5-3-6-15)9-13(19)20/h12H,3-11H2,1-2H3,(H,16,21)(H,19,20). The number of rotatable bonds is 4. The van der Waals surface area contributed by atoms with Crippen molar-refractivity contribution >= 4 is 12.0 Å². The fraction of sp³-hybridized carbons (Fsp3) is 0.867. The van der Waals surface area contributed by atoms with E-state index in [1.54, 1.807) is 0 Å². The number of amides is 2. The van der Waals surface area contributed by atoms with Crippen molar-refractivity contribution in [2.75, 3.05) is 33.2 Å². The van der Waals surface area contributed by atoms with Gasteiger partial charge >= 0.3 is 12.0 Å². The number of nitrogens with one attached hydrogen (secondary N) is 1. The van der Waals surface area contributed by atoms with E-state index in [0.29, 0.717) is 6.54 Å². The fourth-order valence-electron chi connectivity index (χ4n) is 3.45. The molecule has 0 aromatic heterocycles. The molecule has 0 bridgehead atoms. The predicted octanol–water partition coefficient (Wildman–Crippen LogP) is 1.37.